The highest BCUT2D eigenvalue weighted by Crippen LogP contribution is 2.30. The number of H-pyrrole nitrogens is 1. The van der Waals surface area contributed by atoms with Crippen LogP contribution in [-0.2, 0) is 6.42 Å². The highest BCUT2D eigenvalue weighted by molar-refractivity contribution is 5.98. The van der Waals surface area contributed by atoms with Crippen LogP contribution in [0.3, 0.4) is 0 Å². The highest BCUT2D eigenvalue weighted by Gasteiger charge is 2.46. The molecule has 2 heterocycles. The molecule has 6 heteroatoms. The molecule has 0 spiro atoms. The number of anilines is 1. The van der Waals surface area contributed by atoms with Crippen molar-refractivity contribution in [1.29, 1.82) is 0 Å². The number of nitrogens with zero attached hydrogens (tertiary/aromatic N) is 2. The molecule has 0 unspecified atom stereocenters. The molecule has 1 aliphatic rings. The van der Waals surface area contributed by atoms with Gasteiger partial charge in [0, 0.05) is 0 Å². The molecule has 0 aromatic carbocycles. The molecule has 4 N–H and O–H groups in total. The second kappa shape index (κ2) is 4.85. The number of carbonyl (C=O) groups excluding carboxylic acids is 1. The van der Waals surface area contributed by atoms with Crippen molar-refractivity contribution < 1.29 is 9.90 Å². The summed E-state index contributed by atoms with van der Waals surface area (Å²) in [7, 11) is 0. The maximum atomic E-state index is 12.2. The number of likely N-dealkylation sites (tertiary alicyclic amines) is 1. The number of hydrogen-bond acceptors (Lipinski definition) is 4. The summed E-state index contributed by atoms with van der Waals surface area (Å²) in [5.74, 6) is -0.0786. The van der Waals surface area contributed by atoms with Crippen molar-refractivity contribution >= 4 is 11.6 Å². The van der Waals surface area contributed by atoms with Crippen LogP contribution in [0.25, 0.3) is 0 Å². The van der Waals surface area contributed by atoms with Gasteiger partial charge in [-0.15, -0.1) is 0 Å². The van der Waals surface area contributed by atoms with Crippen LogP contribution in [0, 0.1) is 5.92 Å². The van der Waals surface area contributed by atoms with Gasteiger partial charge in [0.15, 0.2) is 5.69 Å². The van der Waals surface area contributed by atoms with Crippen LogP contribution >= 0.6 is 0 Å². The summed E-state index contributed by atoms with van der Waals surface area (Å²) in [4.78, 5) is 13.8. The van der Waals surface area contributed by atoms with Gasteiger partial charge in [0.1, 0.15) is 5.60 Å². The van der Waals surface area contributed by atoms with Crippen LogP contribution in [0.5, 0.6) is 0 Å². The zero-order valence-electron chi connectivity index (χ0n) is 11.7. The van der Waals surface area contributed by atoms with Crippen molar-refractivity contribution in [2.45, 2.75) is 39.2 Å². The summed E-state index contributed by atoms with van der Waals surface area (Å²) in [5, 5.41) is 17.0. The Morgan fingerprint density at radius 2 is 2.21 bits per heavy atom. The first-order valence-electron chi connectivity index (χ1n) is 6.73. The minimum Gasteiger partial charge on any atom is -0.395 e. The second-order valence-electron chi connectivity index (χ2n) is 5.63. The summed E-state index contributed by atoms with van der Waals surface area (Å²) >= 11 is 0. The van der Waals surface area contributed by atoms with E-state index in [1.54, 1.807) is 4.90 Å². The van der Waals surface area contributed by atoms with Gasteiger partial charge in [-0.3, -0.25) is 9.89 Å². The molecule has 1 aromatic rings. The van der Waals surface area contributed by atoms with Crippen LogP contribution in [0.1, 0.15) is 43.4 Å². The van der Waals surface area contributed by atoms with Crippen molar-refractivity contribution in [2.75, 3.05) is 18.8 Å². The van der Waals surface area contributed by atoms with E-state index in [0.717, 1.165) is 18.5 Å². The van der Waals surface area contributed by atoms with Gasteiger partial charge in [-0.25, -0.2) is 0 Å². The average Bonchev–Trinajstić information content (AvgIpc) is 2.66. The third-order valence-electron chi connectivity index (χ3n) is 3.88. The van der Waals surface area contributed by atoms with Gasteiger partial charge in [0.25, 0.3) is 5.91 Å². The third-order valence-corrected chi connectivity index (χ3v) is 3.88. The lowest BCUT2D eigenvalue weighted by atomic mass is 9.83. The SMILES string of the molecule is CCCc1[nH]nc(C(=O)N2CC(O)(C(C)C)C2)c1N. The van der Waals surface area contributed by atoms with Crippen LogP contribution < -0.4 is 5.73 Å². The molecule has 1 aromatic heterocycles. The molecule has 2 rings (SSSR count). The number of aryl methyl sites for hydroxylation is 1. The number of carbonyl (C=O) groups is 1. The Morgan fingerprint density at radius 1 is 1.58 bits per heavy atom. The van der Waals surface area contributed by atoms with Gasteiger partial charge in [0.2, 0.25) is 0 Å². The minimum atomic E-state index is -0.771. The first-order valence-corrected chi connectivity index (χ1v) is 6.73. The maximum Gasteiger partial charge on any atom is 0.276 e. The molecule has 0 saturated carbocycles. The number of nitrogens with two attached hydrogens (primary N) is 1. The summed E-state index contributed by atoms with van der Waals surface area (Å²) in [5.41, 5.74) is 6.68. The normalized spacial score (nSPS) is 17.6. The lowest BCUT2D eigenvalue weighted by molar-refractivity contribution is -0.111. The number of amides is 1. The van der Waals surface area contributed by atoms with Gasteiger partial charge in [-0.1, -0.05) is 27.2 Å². The first kappa shape index (κ1) is 13.9. The molecule has 106 valence electrons. The summed E-state index contributed by atoms with van der Waals surface area (Å²) in [6.07, 6.45) is 1.72. The minimum absolute atomic E-state index is 0.128. The van der Waals surface area contributed by atoms with Crippen molar-refractivity contribution in [3.05, 3.63) is 11.4 Å². The zero-order chi connectivity index (χ0) is 14.2. The van der Waals surface area contributed by atoms with Gasteiger partial charge in [-0.2, -0.15) is 5.10 Å². The van der Waals surface area contributed by atoms with Gasteiger partial charge >= 0.3 is 0 Å². The number of nitrogens with one attached hydrogen (secondary N) is 1. The number of β-amino-alcohol motifs (C(OH)–C–C–N with tert-alkyl or cyclic N) is 1. The number of aliphatic hydroxyl groups is 1. The van der Waals surface area contributed by atoms with E-state index in [0.29, 0.717) is 18.8 Å². The Hall–Kier alpha value is -1.56. The molecule has 19 heavy (non-hydrogen) atoms. The molecule has 0 aliphatic carbocycles. The van der Waals surface area contributed by atoms with E-state index in [1.807, 2.05) is 20.8 Å². The topological polar surface area (TPSA) is 95.2 Å². The lowest BCUT2D eigenvalue weighted by Gasteiger charge is -2.48. The van der Waals surface area contributed by atoms with E-state index in [1.165, 1.54) is 0 Å². The monoisotopic (exact) mass is 266 g/mol. The molecule has 0 radical (unpaired) electrons. The van der Waals surface area contributed by atoms with Gasteiger partial charge < -0.3 is 15.7 Å². The van der Waals surface area contributed by atoms with E-state index in [9.17, 15) is 9.90 Å². The lowest BCUT2D eigenvalue weighted by Crippen LogP contribution is -2.66. The van der Waals surface area contributed by atoms with Crippen molar-refractivity contribution in [1.82, 2.24) is 15.1 Å². The fourth-order valence-corrected chi connectivity index (χ4v) is 2.26. The smallest absolute Gasteiger partial charge is 0.276 e. The Bertz CT molecular complexity index is 475. The van der Waals surface area contributed by atoms with Crippen molar-refractivity contribution in [2.24, 2.45) is 5.92 Å². The molecule has 6 nitrogen and oxygen atoms in total. The molecule has 1 aliphatic heterocycles. The van der Waals surface area contributed by atoms with Crippen LogP contribution in [0.15, 0.2) is 0 Å². The standard InChI is InChI=1S/C13H22N4O2/c1-4-5-9-10(14)11(16-15-9)12(18)17-6-13(19,7-17)8(2)3/h8,19H,4-7,14H2,1-3H3,(H,15,16). The fraction of sp³-hybridized carbons (Fsp3) is 0.692. The Kier molecular flexibility index (Phi) is 3.54. The molecular formula is C13H22N4O2. The highest BCUT2D eigenvalue weighted by atomic mass is 16.3. The Balaban J connectivity index is 2.06. The predicted molar refractivity (Wildman–Crippen MR) is 72.7 cm³/mol. The quantitative estimate of drug-likeness (QED) is 0.750. The molecule has 0 bridgehead atoms. The van der Waals surface area contributed by atoms with E-state index in [4.69, 9.17) is 5.73 Å². The second-order valence-corrected chi connectivity index (χ2v) is 5.63. The number of rotatable bonds is 4. The van der Waals surface area contributed by atoms with Gasteiger partial charge in [-0.05, 0) is 12.3 Å². The Morgan fingerprint density at radius 3 is 2.74 bits per heavy atom. The van der Waals surface area contributed by atoms with Crippen LogP contribution in [-0.4, -0.2) is 44.8 Å². The van der Waals surface area contributed by atoms with E-state index in [-0.39, 0.29) is 17.5 Å². The van der Waals surface area contributed by atoms with Crippen LogP contribution in [0.4, 0.5) is 5.69 Å². The van der Waals surface area contributed by atoms with E-state index < -0.39 is 5.60 Å². The van der Waals surface area contributed by atoms with E-state index in [2.05, 4.69) is 10.2 Å². The fourth-order valence-electron chi connectivity index (χ4n) is 2.26. The van der Waals surface area contributed by atoms with Crippen LogP contribution in [0.2, 0.25) is 0 Å². The molecule has 1 amide bonds. The van der Waals surface area contributed by atoms with Crippen molar-refractivity contribution in [3.63, 3.8) is 0 Å². The number of hydrogen-bond donors (Lipinski definition) is 3. The average molecular weight is 266 g/mol. The number of nitrogen functional groups attached to an aromatic ring is 1. The van der Waals surface area contributed by atoms with Gasteiger partial charge in [0.05, 0.1) is 24.5 Å². The number of aromatic nitrogens is 2. The number of aromatic amines is 1. The third kappa shape index (κ3) is 2.32. The molecule has 1 fully saturated rings. The first-order chi connectivity index (χ1) is 8.89. The molecule has 1 saturated heterocycles. The summed E-state index contributed by atoms with van der Waals surface area (Å²) in [6, 6.07) is 0. The summed E-state index contributed by atoms with van der Waals surface area (Å²) < 4.78 is 0. The predicted octanol–water partition coefficient (Wildman–Crippen LogP) is 0.787. The molecule has 0 atom stereocenters. The summed E-state index contributed by atoms with van der Waals surface area (Å²) in [6.45, 7) is 6.63. The van der Waals surface area contributed by atoms with E-state index >= 15 is 0 Å². The largest absolute Gasteiger partial charge is 0.395 e. The zero-order valence-corrected chi connectivity index (χ0v) is 11.7. The Labute approximate surface area is 113 Å². The maximum absolute atomic E-state index is 12.2. The molecular weight excluding hydrogens is 244 g/mol. The van der Waals surface area contributed by atoms with Crippen molar-refractivity contribution in [3.8, 4) is 0 Å².